The molecule has 0 spiro atoms. The van der Waals surface area contributed by atoms with Crippen molar-refractivity contribution in [3.05, 3.63) is 29.8 Å². The van der Waals surface area contributed by atoms with Gasteiger partial charge in [0.1, 0.15) is 0 Å². The molecule has 1 aromatic rings. The zero-order valence-electron chi connectivity index (χ0n) is 12.3. The molecule has 19 heavy (non-hydrogen) atoms. The molecular weight excluding hydrogens is 238 g/mol. The number of nitrogens with two attached hydrogens (primary N) is 1. The summed E-state index contributed by atoms with van der Waals surface area (Å²) in [6.45, 7) is 4.44. The second kappa shape index (κ2) is 7.14. The summed E-state index contributed by atoms with van der Waals surface area (Å²) in [7, 11) is 4.00. The van der Waals surface area contributed by atoms with Gasteiger partial charge < -0.3 is 16.0 Å². The van der Waals surface area contributed by atoms with Gasteiger partial charge in [-0.1, -0.05) is 12.1 Å². The molecule has 0 aliphatic rings. The first-order valence-electron chi connectivity index (χ1n) is 6.73. The van der Waals surface area contributed by atoms with E-state index in [0.29, 0.717) is 13.0 Å². The quantitative estimate of drug-likeness (QED) is 0.821. The summed E-state index contributed by atoms with van der Waals surface area (Å²) in [5.74, 6) is -0.110. The lowest BCUT2D eigenvalue weighted by Crippen LogP contribution is -2.35. The fraction of sp³-hybridized carbons (Fsp3) is 0.533. The highest BCUT2D eigenvalue weighted by Gasteiger charge is 2.20. The predicted octanol–water partition coefficient (Wildman–Crippen LogP) is 1.71. The fourth-order valence-electron chi connectivity index (χ4n) is 2.01. The first-order valence-corrected chi connectivity index (χ1v) is 6.73. The lowest BCUT2D eigenvalue weighted by atomic mass is 9.94. The molecule has 1 unspecified atom stereocenters. The van der Waals surface area contributed by atoms with Crippen LogP contribution < -0.4 is 16.0 Å². The topological polar surface area (TPSA) is 58.4 Å². The van der Waals surface area contributed by atoms with E-state index in [1.54, 1.807) is 0 Å². The van der Waals surface area contributed by atoms with Crippen molar-refractivity contribution in [1.82, 2.24) is 5.32 Å². The molecule has 106 valence electrons. The van der Waals surface area contributed by atoms with Crippen LogP contribution in [0.1, 0.15) is 31.7 Å². The minimum Gasteiger partial charge on any atom is -0.378 e. The Kier molecular flexibility index (Phi) is 5.83. The molecule has 0 bridgehead atoms. The second-order valence-electron chi connectivity index (χ2n) is 5.28. The van der Waals surface area contributed by atoms with E-state index in [9.17, 15) is 4.79 Å². The van der Waals surface area contributed by atoms with Crippen LogP contribution in [0.2, 0.25) is 0 Å². The van der Waals surface area contributed by atoms with Gasteiger partial charge in [-0.3, -0.25) is 4.79 Å². The van der Waals surface area contributed by atoms with Crippen molar-refractivity contribution in [3.8, 4) is 0 Å². The number of benzene rings is 1. The molecule has 4 nitrogen and oxygen atoms in total. The Hall–Kier alpha value is -1.55. The number of carbonyl (C=O) groups excluding carboxylic acids is 1. The lowest BCUT2D eigenvalue weighted by Gasteiger charge is -2.19. The zero-order chi connectivity index (χ0) is 14.4. The molecule has 1 aromatic carbocycles. The number of nitrogens with one attached hydrogen (secondary N) is 1. The number of hydrogen-bond donors (Lipinski definition) is 2. The van der Waals surface area contributed by atoms with Gasteiger partial charge in [-0.15, -0.1) is 0 Å². The molecule has 1 rings (SSSR count). The second-order valence-corrected chi connectivity index (χ2v) is 5.28. The molecule has 1 atom stereocenters. The van der Waals surface area contributed by atoms with E-state index in [1.165, 1.54) is 0 Å². The van der Waals surface area contributed by atoms with Crippen LogP contribution in [-0.4, -0.2) is 32.6 Å². The Bertz CT molecular complexity index is 398. The standard InChI is InChI=1S/C15H25N3O/c1-11(2)17-15(19)14(9-10-16)12-5-7-13(8-6-12)18(3)4/h5-8,11,14H,9-10,16H2,1-4H3,(H,17,19). The van der Waals surface area contributed by atoms with E-state index in [-0.39, 0.29) is 17.9 Å². The van der Waals surface area contributed by atoms with Gasteiger partial charge in [-0.2, -0.15) is 0 Å². The van der Waals surface area contributed by atoms with Gasteiger partial charge in [0.25, 0.3) is 0 Å². The SMILES string of the molecule is CC(C)NC(=O)C(CCN)c1ccc(N(C)C)cc1. The van der Waals surface area contributed by atoms with Crippen LogP contribution in [0.15, 0.2) is 24.3 Å². The van der Waals surface area contributed by atoms with Gasteiger partial charge in [0, 0.05) is 25.8 Å². The van der Waals surface area contributed by atoms with Crippen LogP contribution in [0.4, 0.5) is 5.69 Å². The van der Waals surface area contributed by atoms with Gasteiger partial charge in [-0.25, -0.2) is 0 Å². The highest BCUT2D eigenvalue weighted by Crippen LogP contribution is 2.22. The molecule has 0 saturated heterocycles. The van der Waals surface area contributed by atoms with Crippen LogP contribution in [-0.2, 0) is 4.79 Å². The third kappa shape index (κ3) is 4.56. The molecule has 0 fully saturated rings. The van der Waals surface area contributed by atoms with E-state index in [0.717, 1.165) is 11.3 Å². The molecule has 0 saturated carbocycles. The third-order valence-corrected chi connectivity index (χ3v) is 3.01. The Labute approximate surface area is 116 Å². The van der Waals surface area contributed by atoms with E-state index >= 15 is 0 Å². The highest BCUT2D eigenvalue weighted by atomic mass is 16.1. The van der Waals surface area contributed by atoms with E-state index in [2.05, 4.69) is 5.32 Å². The van der Waals surface area contributed by atoms with Gasteiger partial charge in [0.15, 0.2) is 0 Å². The summed E-state index contributed by atoms with van der Waals surface area (Å²) in [6.07, 6.45) is 0.667. The smallest absolute Gasteiger partial charge is 0.227 e. The summed E-state index contributed by atoms with van der Waals surface area (Å²) >= 11 is 0. The summed E-state index contributed by atoms with van der Waals surface area (Å²) < 4.78 is 0. The Morgan fingerprint density at radius 1 is 1.26 bits per heavy atom. The van der Waals surface area contributed by atoms with E-state index in [4.69, 9.17) is 5.73 Å². The van der Waals surface area contributed by atoms with E-state index in [1.807, 2.05) is 57.1 Å². The number of anilines is 1. The molecule has 1 amide bonds. The molecular formula is C15H25N3O. The van der Waals surface area contributed by atoms with Crippen molar-refractivity contribution in [2.75, 3.05) is 25.5 Å². The molecule has 0 aliphatic carbocycles. The van der Waals surface area contributed by atoms with Gasteiger partial charge in [0.05, 0.1) is 5.92 Å². The van der Waals surface area contributed by atoms with Crippen molar-refractivity contribution >= 4 is 11.6 Å². The van der Waals surface area contributed by atoms with Crippen LogP contribution in [0.5, 0.6) is 0 Å². The van der Waals surface area contributed by atoms with Gasteiger partial charge in [-0.05, 0) is 44.5 Å². The maximum Gasteiger partial charge on any atom is 0.227 e. The summed E-state index contributed by atoms with van der Waals surface area (Å²) in [5.41, 5.74) is 7.77. The Morgan fingerprint density at radius 3 is 2.26 bits per heavy atom. The fourth-order valence-corrected chi connectivity index (χ4v) is 2.01. The average Bonchev–Trinajstić information content (AvgIpc) is 2.35. The van der Waals surface area contributed by atoms with Crippen LogP contribution in [0.25, 0.3) is 0 Å². The van der Waals surface area contributed by atoms with Crippen molar-refractivity contribution in [2.45, 2.75) is 32.2 Å². The third-order valence-electron chi connectivity index (χ3n) is 3.01. The van der Waals surface area contributed by atoms with Gasteiger partial charge in [0.2, 0.25) is 5.91 Å². The number of amides is 1. The number of rotatable bonds is 6. The summed E-state index contributed by atoms with van der Waals surface area (Å²) in [6, 6.07) is 8.22. The first-order chi connectivity index (χ1) is 8.95. The van der Waals surface area contributed by atoms with Crippen LogP contribution in [0.3, 0.4) is 0 Å². The number of nitrogens with zero attached hydrogens (tertiary/aromatic N) is 1. The molecule has 3 N–H and O–H groups in total. The Balaban J connectivity index is 2.89. The minimum absolute atomic E-state index is 0.0538. The molecule has 0 heterocycles. The zero-order valence-corrected chi connectivity index (χ0v) is 12.3. The van der Waals surface area contributed by atoms with Crippen molar-refractivity contribution in [2.24, 2.45) is 5.73 Å². The molecule has 0 aromatic heterocycles. The molecule has 0 aliphatic heterocycles. The van der Waals surface area contributed by atoms with Crippen molar-refractivity contribution in [1.29, 1.82) is 0 Å². The van der Waals surface area contributed by atoms with Crippen molar-refractivity contribution < 1.29 is 4.79 Å². The van der Waals surface area contributed by atoms with E-state index < -0.39 is 0 Å². The summed E-state index contributed by atoms with van der Waals surface area (Å²) in [5, 5.41) is 2.96. The number of hydrogen-bond acceptors (Lipinski definition) is 3. The highest BCUT2D eigenvalue weighted by molar-refractivity contribution is 5.84. The maximum absolute atomic E-state index is 12.2. The largest absolute Gasteiger partial charge is 0.378 e. The Morgan fingerprint density at radius 2 is 1.84 bits per heavy atom. The van der Waals surface area contributed by atoms with Gasteiger partial charge >= 0.3 is 0 Å². The van der Waals surface area contributed by atoms with Crippen molar-refractivity contribution in [3.63, 3.8) is 0 Å². The van der Waals surface area contributed by atoms with Crippen LogP contribution in [0, 0.1) is 0 Å². The van der Waals surface area contributed by atoms with Crippen LogP contribution >= 0.6 is 0 Å². The average molecular weight is 263 g/mol. The lowest BCUT2D eigenvalue weighted by molar-refractivity contribution is -0.123. The molecule has 0 radical (unpaired) electrons. The first kappa shape index (κ1) is 15.5. The number of carbonyl (C=O) groups is 1. The summed E-state index contributed by atoms with van der Waals surface area (Å²) in [4.78, 5) is 14.2. The predicted molar refractivity (Wildman–Crippen MR) is 80.5 cm³/mol. The monoisotopic (exact) mass is 263 g/mol. The normalized spacial score (nSPS) is 12.3. The molecule has 4 heteroatoms. The minimum atomic E-state index is -0.163. The maximum atomic E-state index is 12.2.